The smallest absolute Gasteiger partial charge is 0.216 e. The first-order valence-electron chi connectivity index (χ1n) is 6.27. The van der Waals surface area contributed by atoms with Crippen molar-refractivity contribution in [2.45, 2.75) is 31.7 Å². The summed E-state index contributed by atoms with van der Waals surface area (Å²) in [7, 11) is -1.79. The minimum atomic E-state index is -3.35. The van der Waals surface area contributed by atoms with Gasteiger partial charge in [0.1, 0.15) is 0 Å². The largest absolute Gasteiger partial charge is 0.383 e. The van der Waals surface area contributed by atoms with Gasteiger partial charge in [-0.25, -0.2) is 13.1 Å². The van der Waals surface area contributed by atoms with Crippen molar-refractivity contribution in [1.29, 1.82) is 0 Å². The molecule has 1 unspecified atom stereocenters. The highest BCUT2D eigenvalue weighted by Crippen LogP contribution is 2.08. The predicted octanol–water partition coefficient (Wildman–Crippen LogP) is 0.990. The maximum Gasteiger partial charge on any atom is 0.216 e. The van der Waals surface area contributed by atoms with E-state index < -0.39 is 10.0 Å². The van der Waals surface area contributed by atoms with Crippen LogP contribution in [-0.2, 0) is 27.1 Å². The van der Waals surface area contributed by atoms with Gasteiger partial charge in [0.2, 0.25) is 10.0 Å². The molecule has 6 heteroatoms. The summed E-state index contributed by atoms with van der Waals surface area (Å²) < 4.78 is 31.6. The molecule has 0 aliphatic carbocycles. The van der Waals surface area contributed by atoms with Gasteiger partial charge in [0.25, 0.3) is 0 Å². The third-order valence-electron chi connectivity index (χ3n) is 2.82. The van der Waals surface area contributed by atoms with Crippen LogP contribution in [0.5, 0.6) is 0 Å². The van der Waals surface area contributed by atoms with Gasteiger partial charge in [0.15, 0.2) is 0 Å². The van der Waals surface area contributed by atoms with Crippen LogP contribution in [-0.4, -0.2) is 28.2 Å². The van der Waals surface area contributed by atoms with E-state index in [9.17, 15) is 8.42 Å². The Labute approximate surface area is 115 Å². The monoisotopic (exact) mass is 286 g/mol. The lowest BCUT2D eigenvalue weighted by Gasteiger charge is -2.16. The summed E-state index contributed by atoms with van der Waals surface area (Å²) in [6.45, 7) is 2.75. The molecule has 0 bridgehead atoms. The van der Waals surface area contributed by atoms with E-state index in [1.165, 1.54) is 0 Å². The first-order chi connectivity index (χ1) is 9.00. The van der Waals surface area contributed by atoms with E-state index in [0.29, 0.717) is 19.6 Å². The third-order valence-corrected chi connectivity index (χ3v) is 4.23. The van der Waals surface area contributed by atoms with Crippen LogP contribution < -0.4 is 10.5 Å². The summed E-state index contributed by atoms with van der Waals surface area (Å²) >= 11 is 0. The Morgan fingerprint density at radius 3 is 2.32 bits per heavy atom. The molecule has 1 aromatic carbocycles. The van der Waals surface area contributed by atoms with Crippen LogP contribution in [0.15, 0.2) is 24.3 Å². The summed E-state index contributed by atoms with van der Waals surface area (Å²) in [5.74, 6) is -0.0297. The van der Waals surface area contributed by atoms with Gasteiger partial charge in [-0.3, -0.25) is 0 Å². The number of ether oxygens (including phenoxy) is 1. The Kier molecular flexibility index (Phi) is 6.44. The highest BCUT2D eigenvalue weighted by molar-refractivity contribution is 7.88. The topological polar surface area (TPSA) is 81.4 Å². The fraction of sp³-hybridized carbons (Fsp3) is 0.538. The standard InChI is InChI=1S/C13H22N2O3S/c1-3-13(9-18-2)15-19(16,17)10-12-6-4-11(8-14)5-7-12/h4-7,13,15H,3,8-10,14H2,1-2H3. The molecule has 0 heterocycles. The van der Waals surface area contributed by atoms with E-state index in [0.717, 1.165) is 11.1 Å². The minimum Gasteiger partial charge on any atom is -0.383 e. The molecule has 0 saturated carbocycles. The lowest BCUT2D eigenvalue weighted by Crippen LogP contribution is -2.38. The predicted molar refractivity (Wildman–Crippen MR) is 76.0 cm³/mol. The molecule has 0 saturated heterocycles. The average molecular weight is 286 g/mol. The second-order valence-electron chi connectivity index (χ2n) is 4.46. The number of benzene rings is 1. The van der Waals surface area contributed by atoms with Gasteiger partial charge in [-0.05, 0) is 17.5 Å². The molecule has 5 nitrogen and oxygen atoms in total. The number of hydrogen-bond donors (Lipinski definition) is 2. The second kappa shape index (κ2) is 7.59. The molecule has 19 heavy (non-hydrogen) atoms. The number of sulfonamides is 1. The molecule has 1 rings (SSSR count). The first-order valence-corrected chi connectivity index (χ1v) is 7.92. The normalized spacial score (nSPS) is 13.4. The number of nitrogens with two attached hydrogens (primary N) is 1. The molecular formula is C13H22N2O3S. The van der Waals surface area contributed by atoms with E-state index in [1.54, 1.807) is 19.2 Å². The van der Waals surface area contributed by atoms with Gasteiger partial charge in [-0.1, -0.05) is 31.2 Å². The molecule has 0 aliphatic rings. The molecule has 108 valence electrons. The van der Waals surface area contributed by atoms with Crippen LogP contribution in [0.3, 0.4) is 0 Å². The highest BCUT2D eigenvalue weighted by atomic mass is 32.2. The van der Waals surface area contributed by atoms with Crippen LogP contribution in [0.1, 0.15) is 24.5 Å². The van der Waals surface area contributed by atoms with E-state index >= 15 is 0 Å². The van der Waals surface area contributed by atoms with Crippen molar-refractivity contribution < 1.29 is 13.2 Å². The van der Waals surface area contributed by atoms with Crippen molar-refractivity contribution in [3.8, 4) is 0 Å². The number of methoxy groups -OCH3 is 1. The van der Waals surface area contributed by atoms with E-state index in [-0.39, 0.29) is 11.8 Å². The van der Waals surface area contributed by atoms with Crippen LogP contribution in [0, 0.1) is 0 Å². The Balaban J connectivity index is 2.67. The van der Waals surface area contributed by atoms with E-state index in [1.807, 2.05) is 19.1 Å². The molecule has 3 N–H and O–H groups in total. The van der Waals surface area contributed by atoms with Crippen molar-refractivity contribution in [2.75, 3.05) is 13.7 Å². The molecule has 0 aromatic heterocycles. The third kappa shape index (κ3) is 5.69. The van der Waals surface area contributed by atoms with Crippen molar-refractivity contribution in [3.05, 3.63) is 35.4 Å². The Morgan fingerprint density at radius 2 is 1.84 bits per heavy atom. The summed E-state index contributed by atoms with van der Waals surface area (Å²) in [6, 6.07) is 7.09. The van der Waals surface area contributed by atoms with Crippen LogP contribution in [0.4, 0.5) is 0 Å². The zero-order chi connectivity index (χ0) is 14.3. The molecule has 0 aliphatic heterocycles. The molecule has 0 amide bonds. The summed E-state index contributed by atoms with van der Waals surface area (Å²) in [4.78, 5) is 0. The van der Waals surface area contributed by atoms with Crippen molar-refractivity contribution in [1.82, 2.24) is 4.72 Å². The molecular weight excluding hydrogens is 264 g/mol. The minimum absolute atomic E-state index is 0.0297. The number of rotatable bonds is 8. The van der Waals surface area contributed by atoms with Crippen molar-refractivity contribution in [2.24, 2.45) is 5.73 Å². The van der Waals surface area contributed by atoms with Gasteiger partial charge in [0, 0.05) is 19.7 Å². The number of nitrogens with one attached hydrogen (secondary N) is 1. The highest BCUT2D eigenvalue weighted by Gasteiger charge is 2.17. The molecule has 0 radical (unpaired) electrons. The quantitative estimate of drug-likeness (QED) is 0.746. The lowest BCUT2D eigenvalue weighted by molar-refractivity contribution is 0.173. The van der Waals surface area contributed by atoms with Gasteiger partial charge in [-0.15, -0.1) is 0 Å². The SMILES string of the molecule is CCC(COC)NS(=O)(=O)Cc1ccc(CN)cc1. The molecule has 0 fully saturated rings. The Morgan fingerprint density at radius 1 is 1.26 bits per heavy atom. The fourth-order valence-electron chi connectivity index (χ4n) is 1.72. The Hall–Kier alpha value is -0.950. The van der Waals surface area contributed by atoms with E-state index in [4.69, 9.17) is 10.5 Å². The lowest BCUT2D eigenvalue weighted by atomic mass is 10.1. The van der Waals surface area contributed by atoms with Crippen LogP contribution in [0.25, 0.3) is 0 Å². The molecule has 1 aromatic rings. The first kappa shape index (κ1) is 16.1. The zero-order valence-electron chi connectivity index (χ0n) is 11.4. The summed E-state index contributed by atoms with van der Waals surface area (Å²) in [6.07, 6.45) is 0.694. The van der Waals surface area contributed by atoms with Gasteiger partial charge in [0.05, 0.1) is 12.4 Å². The van der Waals surface area contributed by atoms with Crippen molar-refractivity contribution in [3.63, 3.8) is 0 Å². The van der Waals surface area contributed by atoms with Gasteiger partial charge >= 0.3 is 0 Å². The zero-order valence-corrected chi connectivity index (χ0v) is 12.2. The van der Waals surface area contributed by atoms with Gasteiger partial charge < -0.3 is 10.5 Å². The van der Waals surface area contributed by atoms with E-state index in [2.05, 4.69) is 4.72 Å². The Bertz CT molecular complexity index is 471. The maximum atomic E-state index is 12.0. The van der Waals surface area contributed by atoms with Crippen molar-refractivity contribution >= 4 is 10.0 Å². The summed E-state index contributed by atoms with van der Waals surface area (Å²) in [5, 5.41) is 0. The second-order valence-corrected chi connectivity index (χ2v) is 6.21. The maximum absolute atomic E-state index is 12.0. The van der Waals surface area contributed by atoms with Crippen LogP contribution in [0.2, 0.25) is 0 Å². The summed E-state index contributed by atoms with van der Waals surface area (Å²) in [5.41, 5.74) is 7.23. The van der Waals surface area contributed by atoms with Gasteiger partial charge in [-0.2, -0.15) is 0 Å². The molecule has 1 atom stereocenters. The fourth-order valence-corrected chi connectivity index (χ4v) is 3.18. The van der Waals surface area contributed by atoms with Crippen LogP contribution >= 0.6 is 0 Å². The molecule has 0 spiro atoms. The number of hydrogen-bond acceptors (Lipinski definition) is 4. The average Bonchev–Trinajstić information content (AvgIpc) is 2.38.